The lowest BCUT2D eigenvalue weighted by Crippen LogP contribution is -2.30. The quantitative estimate of drug-likeness (QED) is 0.578. The van der Waals surface area contributed by atoms with Gasteiger partial charge in [0.25, 0.3) is 5.91 Å². The second kappa shape index (κ2) is 4.65. The van der Waals surface area contributed by atoms with E-state index < -0.39 is 18.0 Å². The van der Waals surface area contributed by atoms with Gasteiger partial charge in [0.1, 0.15) is 0 Å². The van der Waals surface area contributed by atoms with Crippen LogP contribution in [0.5, 0.6) is 0 Å². The van der Waals surface area contributed by atoms with Gasteiger partial charge in [-0.05, 0) is 31.5 Å². The highest BCUT2D eigenvalue weighted by Crippen LogP contribution is 2.16. The molecule has 1 atom stereocenters. The van der Waals surface area contributed by atoms with Gasteiger partial charge in [-0.25, -0.2) is 4.79 Å². The van der Waals surface area contributed by atoms with E-state index in [0.717, 1.165) is 0 Å². The number of nitrogen functional groups attached to an aromatic ring is 1. The Hall–Kier alpha value is -2.04. The summed E-state index contributed by atoms with van der Waals surface area (Å²) in [5.74, 6) is -1.29. The maximum Gasteiger partial charge on any atom is 0.339 e. The smallest absolute Gasteiger partial charge is 0.339 e. The van der Waals surface area contributed by atoms with Gasteiger partial charge >= 0.3 is 5.97 Å². The van der Waals surface area contributed by atoms with Crippen LogP contribution in [0.2, 0.25) is 0 Å². The van der Waals surface area contributed by atoms with Crippen LogP contribution in [0, 0.1) is 6.92 Å². The van der Waals surface area contributed by atoms with Crippen LogP contribution in [0.4, 0.5) is 5.69 Å². The van der Waals surface area contributed by atoms with Crippen molar-refractivity contribution in [3.8, 4) is 0 Å². The van der Waals surface area contributed by atoms with Gasteiger partial charge in [0, 0.05) is 5.69 Å². The fourth-order valence-corrected chi connectivity index (χ4v) is 1.16. The van der Waals surface area contributed by atoms with Crippen molar-refractivity contribution in [1.29, 1.82) is 0 Å². The summed E-state index contributed by atoms with van der Waals surface area (Å²) in [6.07, 6.45) is -0.951. The number of nitrogens with two attached hydrogens (primary N) is 2. The third-order valence-corrected chi connectivity index (χ3v) is 2.28. The van der Waals surface area contributed by atoms with Crippen molar-refractivity contribution < 1.29 is 14.3 Å². The molecule has 0 saturated carbocycles. The summed E-state index contributed by atoms with van der Waals surface area (Å²) >= 11 is 0. The van der Waals surface area contributed by atoms with E-state index in [1.807, 2.05) is 0 Å². The molecule has 16 heavy (non-hydrogen) atoms. The van der Waals surface area contributed by atoms with E-state index in [4.69, 9.17) is 16.2 Å². The Morgan fingerprint density at radius 1 is 1.38 bits per heavy atom. The fraction of sp³-hybridized carbons (Fsp3) is 0.273. The Kier molecular flexibility index (Phi) is 3.50. The van der Waals surface area contributed by atoms with Gasteiger partial charge in [0.2, 0.25) is 0 Å². The molecule has 0 saturated heterocycles. The Morgan fingerprint density at radius 2 is 2.00 bits per heavy atom. The number of esters is 1. The predicted molar refractivity (Wildman–Crippen MR) is 59.7 cm³/mol. The largest absolute Gasteiger partial charge is 0.449 e. The van der Waals surface area contributed by atoms with E-state index in [1.165, 1.54) is 6.92 Å². The molecule has 0 aliphatic carbocycles. The third-order valence-electron chi connectivity index (χ3n) is 2.28. The average molecular weight is 222 g/mol. The number of hydrogen-bond donors (Lipinski definition) is 2. The number of anilines is 1. The van der Waals surface area contributed by atoms with Crippen LogP contribution < -0.4 is 11.5 Å². The molecule has 1 aromatic carbocycles. The zero-order valence-electron chi connectivity index (χ0n) is 9.19. The van der Waals surface area contributed by atoms with Gasteiger partial charge in [0.15, 0.2) is 6.10 Å². The molecule has 1 unspecified atom stereocenters. The van der Waals surface area contributed by atoms with Gasteiger partial charge in [0.05, 0.1) is 5.56 Å². The van der Waals surface area contributed by atoms with Crippen LogP contribution in [0.15, 0.2) is 18.2 Å². The van der Waals surface area contributed by atoms with Crippen LogP contribution >= 0.6 is 0 Å². The summed E-state index contributed by atoms with van der Waals surface area (Å²) in [5.41, 5.74) is 12.1. The van der Waals surface area contributed by atoms with Gasteiger partial charge in [-0.3, -0.25) is 4.79 Å². The van der Waals surface area contributed by atoms with E-state index >= 15 is 0 Å². The summed E-state index contributed by atoms with van der Waals surface area (Å²) < 4.78 is 4.86. The maximum atomic E-state index is 11.6. The minimum atomic E-state index is -0.951. The minimum absolute atomic E-state index is 0.341. The van der Waals surface area contributed by atoms with Crippen molar-refractivity contribution in [2.24, 2.45) is 5.73 Å². The first-order valence-electron chi connectivity index (χ1n) is 4.79. The Morgan fingerprint density at radius 3 is 2.56 bits per heavy atom. The average Bonchev–Trinajstić information content (AvgIpc) is 2.21. The van der Waals surface area contributed by atoms with Crippen molar-refractivity contribution in [3.05, 3.63) is 29.3 Å². The molecule has 0 heterocycles. The first-order chi connectivity index (χ1) is 7.43. The van der Waals surface area contributed by atoms with Crippen LogP contribution in [0.25, 0.3) is 0 Å². The Balaban J connectivity index is 2.89. The van der Waals surface area contributed by atoms with E-state index in [2.05, 4.69) is 0 Å². The van der Waals surface area contributed by atoms with Crippen molar-refractivity contribution in [3.63, 3.8) is 0 Å². The number of carbonyl (C=O) groups is 2. The number of carbonyl (C=O) groups excluding carboxylic acids is 2. The van der Waals surface area contributed by atoms with Crippen molar-refractivity contribution in [2.45, 2.75) is 20.0 Å². The van der Waals surface area contributed by atoms with Crippen molar-refractivity contribution >= 4 is 17.6 Å². The lowest BCUT2D eigenvalue weighted by atomic mass is 10.1. The van der Waals surface area contributed by atoms with Crippen LogP contribution in [-0.4, -0.2) is 18.0 Å². The summed E-state index contributed by atoms with van der Waals surface area (Å²) in [7, 11) is 0. The number of ether oxygens (including phenoxy) is 1. The predicted octanol–water partition coefficient (Wildman–Crippen LogP) is 0.608. The Labute approximate surface area is 93.4 Å². The minimum Gasteiger partial charge on any atom is -0.449 e. The van der Waals surface area contributed by atoms with Gasteiger partial charge in [-0.1, -0.05) is 6.07 Å². The zero-order valence-corrected chi connectivity index (χ0v) is 9.19. The number of benzene rings is 1. The molecule has 1 amide bonds. The van der Waals surface area contributed by atoms with E-state index in [-0.39, 0.29) is 0 Å². The lowest BCUT2D eigenvalue weighted by molar-refractivity contribution is -0.125. The first-order valence-corrected chi connectivity index (χ1v) is 4.79. The highest BCUT2D eigenvalue weighted by molar-refractivity contribution is 5.94. The molecule has 1 aromatic rings. The van der Waals surface area contributed by atoms with Crippen LogP contribution in [0.3, 0.4) is 0 Å². The number of primary amides is 1. The lowest BCUT2D eigenvalue weighted by Gasteiger charge is -2.11. The van der Waals surface area contributed by atoms with Gasteiger partial charge < -0.3 is 16.2 Å². The number of rotatable bonds is 3. The number of hydrogen-bond acceptors (Lipinski definition) is 4. The topological polar surface area (TPSA) is 95.4 Å². The molecular weight excluding hydrogens is 208 g/mol. The summed E-state index contributed by atoms with van der Waals surface area (Å²) in [6, 6.07) is 4.92. The summed E-state index contributed by atoms with van der Waals surface area (Å²) in [5, 5.41) is 0. The molecule has 0 fully saturated rings. The first kappa shape index (κ1) is 12.0. The monoisotopic (exact) mass is 222 g/mol. The van der Waals surface area contributed by atoms with Crippen LogP contribution in [0.1, 0.15) is 22.8 Å². The molecule has 86 valence electrons. The molecule has 4 N–H and O–H groups in total. The standard InChI is InChI=1S/C11H14N2O3/c1-6-8(4-3-5-9(6)12)11(15)16-7(2)10(13)14/h3-5,7H,12H2,1-2H3,(H2,13,14). The molecular formula is C11H14N2O3. The molecule has 0 spiro atoms. The highest BCUT2D eigenvalue weighted by atomic mass is 16.5. The van der Waals surface area contributed by atoms with Gasteiger partial charge in [-0.2, -0.15) is 0 Å². The van der Waals surface area contributed by atoms with Gasteiger partial charge in [-0.15, -0.1) is 0 Å². The normalized spacial score (nSPS) is 11.9. The molecule has 5 heteroatoms. The van der Waals surface area contributed by atoms with Crippen molar-refractivity contribution in [2.75, 3.05) is 5.73 Å². The summed E-state index contributed by atoms with van der Waals surface area (Å²) in [4.78, 5) is 22.4. The second-order valence-corrected chi connectivity index (χ2v) is 3.47. The third kappa shape index (κ3) is 2.50. The molecule has 0 radical (unpaired) electrons. The van der Waals surface area contributed by atoms with Crippen molar-refractivity contribution in [1.82, 2.24) is 0 Å². The SMILES string of the molecule is Cc1c(N)cccc1C(=O)OC(C)C(N)=O. The van der Waals surface area contributed by atoms with E-state index in [9.17, 15) is 9.59 Å². The highest BCUT2D eigenvalue weighted by Gasteiger charge is 2.18. The zero-order chi connectivity index (χ0) is 12.3. The van der Waals surface area contributed by atoms with E-state index in [0.29, 0.717) is 16.8 Å². The Bertz CT molecular complexity index is 429. The maximum absolute atomic E-state index is 11.6. The van der Waals surface area contributed by atoms with E-state index in [1.54, 1.807) is 25.1 Å². The molecule has 1 rings (SSSR count). The molecule has 0 aliphatic rings. The summed E-state index contributed by atoms with van der Waals surface area (Å²) in [6.45, 7) is 3.13. The van der Waals surface area contributed by atoms with Crippen LogP contribution in [-0.2, 0) is 9.53 Å². The molecule has 0 bridgehead atoms. The number of amides is 1. The second-order valence-electron chi connectivity index (χ2n) is 3.47. The molecule has 5 nitrogen and oxygen atoms in total. The molecule has 0 aromatic heterocycles. The fourth-order valence-electron chi connectivity index (χ4n) is 1.16. The molecule has 0 aliphatic heterocycles.